The quantitative estimate of drug-likeness (QED) is 0.261. The topological polar surface area (TPSA) is 86.8 Å². The third-order valence-corrected chi connectivity index (χ3v) is 8.84. The monoisotopic (exact) mass is 571 g/mol. The van der Waals surface area contributed by atoms with Gasteiger partial charge in [-0.05, 0) is 47.4 Å². The second-order valence-corrected chi connectivity index (χ2v) is 12.3. The van der Waals surface area contributed by atoms with Crippen LogP contribution >= 0.6 is 0 Å². The van der Waals surface area contributed by atoms with Crippen molar-refractivity contribution in [1.82, 2.24) is 14.5 Å². The maximum atomic E-state index is 14.0. The standard InChI is InChI=1S/C33H37N3O4S/c1-4-19-34-33(38)31(21-26-12-6-5-7-13-26)36(23-27-14-10-11-25(2)20-27)32(37)24-35(3)41(39,40)30-18-17-28-15-8-9-16-29(28)22-30/h5-18,20,22,31H,4,19,21,23-24H2,1-3H3,(H,34,38). The normalized spacial score (nSPS) is 12.3. The molecule has 41 heavy (non-hydrogen) atoms. The van der Waals surface area contributed by atoms with Crippen LogP contribution in [0.25, 0.3) is 10.8 Å². The van der Waals surface area contributed by atoms with Crippen molar-refractivity contribution in [2.75, 3.05) is 20.1 Å². The molecule has 4 rings (SSSR count). The molecule has 1 N–H and O–H groups in total. The molecule has 0 saturated heterocycles. The third-order valence-electron chi connectivity index (χ3n) is 7.04. The van der Waals surface area contributed by atoms with Gasteiger partial charge in [0.05, 0.1) is 11.4 Å². The van der Waals surface area contributed by atoms with Crippen molar-refractivity contribution in [2.45, 2.75) is 44.2 Å². The lowest BCUT2D eigenvalue weighted by atomic mass is 10.0. The highest BCUT2D eigenvalue weighted by Gasteiger charge is 2.33. The Morgan fingerprint density at radius 1 is 0.829 bits per heavy atom. The second kappa shape index (κ2) is 13.6. The first kappa shape index (κ1) is 30.0. The highest BCUT2D eigenvalue weighted by molar-refractivity contribution is 7.89. The number of rotatable bonds is 12. The zero-order chi connectivity index (χ0) is 29.4. The molecule has 2 amide bonds. The molecule has 1 atom stereocenters. The Morgan fingerprint density at radius 3 is 2.22 bits per heavy atom. The lowest BCUT2D eigenvalue weighted by Crippen LogP contribution is -2.53. The van der Waals surface area contributed by atoms with Gasteiger partial charge in [-0.25, -0.2) is 8.42 Å². The summed E-state index contributed by atoms with van der Waals surface area (Å²) in [5.41, 5.74) is 2.80. The van der Waals surface area contributed by atoms with E-state index in [2.05, 4.69) is 5.32 Å². The van der Waals surface area contributed by atoms with Gasteiger partial charge >= 0.3 is 0 Å². The predicted octanol–water partition coefficient (Wildman–Crippen LogP) is 4.94. The maximum absolute atomic E-state index is 14.0. The van der Waals surface area contributed by atoms with Crippen LogP contribution < -0.4 is 5.32 Å². The number of fused-ring (bicyclic) bond motifs is 1. The van der Waals surface area contributed by atoms with Crippen molar-refractivity contribution in [3.05, 3.63) is 114 Å². The van der Waals surface area contributed by atoms with Crippen molar-refractivity contribution >= 4 is 32.6 Å². The van der Waals surface area contributed by atoms with Crippen molar-refractivity contribution in [3.63, 3.8) is 0 Å². The third kappa shape index (κ3) is 7.60. The van der Waals surface area contributed by atoms with Gasteiger partial charge in [-0.2, -0.15) is 4.31 Å². The molecule has 8 heteroatoms. The number of hydrogen-bond donors (Lipinski definition) is 1. The lowest BCUT2D eigenvalue weighted by Gasteiger charge is -2.32. The number of sulfonamides is 1. The fourth-order valence-electron chi connectivity index (χ4n) is 4.80. The van der Waals surface area contributed by atoms with Crippen LogP contribution in [0, 0.1) is 6.92 Å². The van der Waals surface area contributed by atoms with Crippen LogP contribution in [0.3, 0.4) is 0 Å². The van der Waals surface area contributed by atoms with Gasteiger partial charge in [0.15, 0.2) is 0 Å². The van der Waals surface area contributed by atoms with Crippen molar-refractivity contribution in [2.24, 2.45) is 0 Å². The van der Waals surface area contributed by atoms with Crippen LogP contribution in [0.2, 0.25) is 0 Å². The lowest BCUT2D eigenvalue weighted by molar-refractivity contribution is -0.141. The molecule has 0 fully saturated rings. The molecule has 0 aliphatic carbocycles. The molecule has 4 aromatic carbocycles. The van der Waals surface area contributed by atoms with Gasteiger partial charge in [0.25, 0.3) is 0 Å². The molecular weight excluding hydrogens is 534 g/mol. The molecule has 0 aliphatic rings. The molecule has 0 radical (unpaired) electrons. The summed E-state index contributed by atoms with van der Waals surface area (Å²) in [5, 5.41) is 4.67. The molecule has 0 aliphatic heterocycles. The molecule has 0 saturated carbocycles. The van der Waals surface area contributed by atoms with E-state index in [-0.39, 0.29) is 17.3 Å². The van der Waals surface area contributed by atoms with Crippen LogP contribution in [-0.4, -0.2) is 55.6 Å². The van der Waals surface area contributed by atoms with E-state index in [9.17, 15) is 18.0 Å². The van der Waals surface area contributed by atoms with Crippen molar-refractivity contribution in [3.8, 4) is 0 Å². The van der Waals surface area contributed by atoms with Gasteiger partial charge in [0.2, 0.25) is 21.8 Å². The van der Waals surface area contributed by atoms with E-state index in [4.69, 9.17) is 0 Å². The summed E-state index contributed by atoms with van der Waals surface area (Å²) in [7, 11) is -2.57. The smallest absolute Gasteiger partial charge is 0.243 e. The summed E-state index contributed by atoms with van der Waals surface area (Å²) in [6.07, 6.45) is 1.05. The molecule has 1 unspecified atom stereocenters. The predicted molar refractivity (Wildman–Crippen MR) is 163 cm³/mol. The Kier molecular flexibility index (Phi) is 9.91. The number of aryl methyl sites for hydroxylation is 1. The van der Waals surface area contributed by atoms with E-state index in [0.717, 1.165) is 38.2 Å². The SMILES string of the molecule is CCCNC(=O)C(Cc1ccccc1)N(Cc1cccc(C)c1)C(=O)CN(C)S(=O)(=O)c1ccc2ccccc2c1. The molecule has 214 valence electrons. The number of benzene rings is 4. The summed E-state index contributed by atoms with van der Waals surface area (Å²) in [5.74, 6) is -0.720. The van der Waals surface area contributed by atoms with E-state index in [0.29, 0.717) is 13.0 Å². The second-order valence-electron chi connectivity index (χ2n) is 10.3. The van der Waals surface area contributed by atoms with E-state index in [1.807, 2.05) is 92.7 Å². The van der Waals surface area contributed by atoms with E-state index in [1.54, 1.807) is 18.2 Å². The number of nitrogens with one attached hydrogen (secondary N) is 1. The number of carbonyl (C=O) groups is 2. The Hall–Kier alpha value is -4.01. The zero-order valence-electron chi connectivity index (χ0n) is 23.8. The van der Waals surface area contributed by atoms with Crippen LogP contribution in [-0.2, 0) is 32.6 Å². The van der Waals surface area contributed by atoms with E-state index >= 15 is 0 Å². The van der Waals surface area contributed by atoms with Gasteiger partial charge < -0.3 is 10.2 Å². The molecule has 0 aromatic heterocycles. The first-order valence-electron chi connectivity index (χ1n) is 13.8. The summed E-state index contributed by atoms with van der Waals surface area (Å²) in [6.45, 7) is 4.17. The Balaban J connectivity index is 1.66. The van der Waals surface area contributed by atoms with Crippen LogP contribution in [0.15, 0.2) is 102 Å². The van der Waals surface area contributed by atoms with E-state index in [1.165, 1.54) is 11.9 Å². The largest absolute Gasteiger partial charge is 0.354 e. The minimum Gasteiger partial charge on any atom is -0.354 e. The average molecular weight is 572 g/mol. The minimum atomic E-state index is -3.97. The Morgan fingerprint density at radius 2 is 1.51 bits per heavy atom. The van der Waals surface area contributed by atoms with E-state index < -0.39 is 28.5 Å². The number of carbonyl (C=O) groups excluding carboxylic acids is 2. The highest BCUT2D eigenvalue weighted by Crippen LogP contribution is 2.22. The van der Waals surface area contributed by atoms with Crippen LogP contribution in [0.5, 0.6) is 0 Å². The average Bonchev–Trinajstić information content (AvgIpc) is 2.97. The fourth-order valence-corrected chi connectivity index (χ4v) is 5.96. The Labute approximate surface area is 242 Å². The summed E-state index contributed by atoms with van der Waals surface area (Å²) >= 11 is 0. The van der Waals surface area contributed by atoms with Crippen LogP contribution in [0.1, 0.15) is 30.0 Å². The number of amides is 2. The molecule has 4 aromatic rings. The molecule has 0 bridgehead atoms. The number of likely N-dealkylation sites (N-methyl/N-ethyl adjacent to an activating group) is 1. The van der Waals surface area contributed by atoms with Gasteiger partial charge in [0, 0.05) is 26.6 Å². The van der Waals surface area contributed by atoms with Gasteiger partial charge in [-0.15, -0.1) is 0 Å². The molecular formula is C33H37N3O4S. The number of hydrogen-bond acceptors (Lipinski definition) is 4. The van der Waals surface area contributed by atoms with Crippen molar-refractivity contribution in [1.29, 1.82) is 0 Å². The summed E-state index contributed by atoms with van der Waals surface area (Å²) in [6, 6.07) is 28.9. The van der Waals surface area contributed by atoms with Gasteiger partial charge in [0.1, 0.15) is 6.04 Å². The first-order valence-corrected chi connectivity index (χ1v) is 15.2. The Bertz CT molecular complexity index is 1610. The first-order chi connectivity index (χ1) is 19.7. The van der Waals surface area contributed by atoms with Gasteiger partial charge in [-0.1, -0.05) is 97.4 Å². The summed E-state index contributed by atoms with van der Waals surface area (Å²) < 4.78 is 28.2. The number of nitrogens with zero attached hydrogens (tertiary/aromatic N) is 2. The molecule has 0 heterocycles. The maximum Gasteiger partial charge on any atom is 0.243 e. The molecule has 0 spiro atoms. The fraction of sp³-hybridized carbons (Fsp3) is 0.273. The van der Waals surface area contributed by atoms with Gasteiger partial charge in [-0.3, -0.25) is 9.59 Å². The van der Waals surface area contributed by atoms with Crippen LogP contribution in [0.4, 0.5) is 0 Å². The highest BCUT2D eigenvalue weighted by atomic mass is 32.2. The zero-order valence-corrected chi connectivity index (χ0v) is 24.6. The van der Waals surface area contributed by atoms with Crippen molar-refractivity contribution < 1.29 is 18.0 Å². The summed E-state index contributed by atoms with van der Waals surface area (Å²) in [4.78, 5) is 29.1. The molecule has 7 nitrogen and oxygen atoms in total. The minimum absolute atomic E-state index is 0.109.